The molecule has 0 atom stereocenters. The number of benzene rings is 6. The molecular formula is C42H30N2S. The molecule has 1 aromatic heterocycles. The number of aromatic nitrogens is 2. The molecule has 0 radical (unpaired) electrons. The SMILES string of the molecule is CC1(C)c2ccccc2C2(c3ccccc3Sc3cc(-c4cccc(-c5ncc6ccccc6n5)c4)ccc32)c2ccccc21. The van der Waals surface area contributed by atoms with Gasteiger partial charge in [-0.1, -0.05) is 141 Å². The lowest BCUT2D eigenvalue weighted by Crippen LogP contribution is -2.43. The molecule has 214 valence electrons. The smallest absolute Gasteiger partial charge is 0.159 e. The molecule has 0 saturated heterocycles. The van der Waals surface area contributed by atoms with Gasteiger partial charge in [0.05, 0.1) is 10.9 Å². The number of rotatable bonds is 2. The van der Waals surface area contributed by atoms with Gasteiger partial charge in [0.15, 0.2) is 5.82 Å². The molecule has 0 saturated carbocycles. The number of hydrogen-bond acceptors (Lipinski definition) is 3. The molecule has 0 fully saturated rings. The summed E-state index contributed by atoms with van der Waals surface area (Å²) >= 11 is 1.89. The molecule has 45 heavy (non-hydrogen) atoms. The summed E-state index contributed by atoms with van der Waals surface area (Å²) in [4.78, 5) is 12.2. The van der Waals surface area contributed by atoms with Crippen molar-refractivity contribution in [1.82, 2.24) is 9.97 Å². The molecule has 7 aromatic rings. The maximum atomic E-state index is 4.87. The minimum Gasteiger partial charge on any atom is -0.236 e. The Morgan fingerprint density at radius 2 is 1.09 bits per heavy atom. The molecule has 2 nitrogen and oxygen atoms in total. The van der Waals surface area contributed by atoms with E-state index in [2.05, 4.69) is 135 Å². The van der Waals surface area contributed by atoms with Crippen molar-refractivity contribution in [1.29, 1.82) is 0 Å². The Morgan fingerprint density at radius 1 is 0.489 bits per heavy atom. The highest BCUT2D eigenvalue weighted by atomic mass is 32.2. The summed E-state index contributed by atoms with van der Waals surface area (Å²) < 4.78 is 0. The third-order valence-electron chi connectivity index (χ3n) is 9.85. The lowest BCUT2D eigenvalue weighted by Gasteiger charge is -2.50. The second kappa shape index (κ2) is 9.76. The zero-order valence-corrected chi connectivity index (χ0v) is 26.0. The lowest BCUT2D eigenvalue weighted by molar-refractivity contribution is 0.549. The molecule has 0 bridgehead atoms. The largest absolute Gasteiger partial charge is 0.236 e. The van der Waals surface area contributed by atoms with Crippen molar-refractivity contribution in [2.45, 2.75) is 34.5 Å². The molecule has 2 aliphatic rings. The van der Waals surface area contributed by atoms with Crippen LogP contribution in [0.25, 0.3) is 33.4 Å². The van der Waals surface area contributed by atoms with Gasteiger partial charge in [-0.05, 0) is 68.8 Å². The van der Waals surface area contributed by atoms with Crippen LogP contribution in [0.5, 0.6) is 0 Å². The predicted molar refractivity (Wildman–Crippen MR) is 185 cm³/mol. The molecule has 0 unspecified atom stereocenters. The zero-order chi connectivity index (χ0) is 30.2. The molecule has 6 aromatic carbocycles. The fourth-order valence-electron chi connectivity index (χ4n) is 7.75. The van der Waals surface area contributed by atoms with Crippen LogP contribution in [0.3, 0.4) is 0 Å². The molecule has 1 aliphatic carbocycles. The van der Waals surface area contributed by atoms with E-state index in [4.69, 9.17) is 9.97 Å². The summed E-state index contributed by atoms with van der Waals surface area (Å²) in [6, 6.07) is 51.1. The molecule has 1 spiro atoms. The Balaban J connectivity index is 1.26. The first-order chi connectivity index (χ1) is 22.0. The normalized spacial score (nSPS) is 15.2. The highest BCUT2D eigenvalue weighted by Gasteiger charge is 2.51. The van der Waals surface area contributed by atoms with Crippen molar-refractivity contribution < 1.29 is 0 Å². The van der Waals surface area contributed by atoms with Crippen molar-refractivity contribution in [3.05, 3.63) is 179 Å². The average Bonchev–Trinajstić information content (AvgIpc) is 3.10. The van der Waals surface area contributed by atoms with E-state index in [1.54, 1.807) is 0 Å². The number of fused-ring (bicyclic) bond motifs is 9. The van der Waals surface area contributed by atoms with Crippen LogP contribution >= 0.6 is 11.8 Å². The summed E-state index contributed by atoms with van der Waals surface area (Å²) in [5.74, 6) is 0.744. The van der Waals surface area contributed by atoms with Gasteiger partial charge in [-0.15, -0.1) is 0 Å². The second-order valence-electron chi connectivity index (χ2n) is 12.6. The van der Waals surface area contributed by atoms with E-state index in [1.165, 1.54) is 48.7 Å². The quantitative estimate of drug-likeness (QED) is 0.199. The Hall–Kier alpha value is -4.99. The van der Waals surface area contributed by atoms with Gasteiger partial charge >= 0.3 is 0 Å². The first-order valence-electron chi connectivity index (χ1n) is 15.5. The van der Waals surface area contributed by atoms with E-state index in [9.17, 15) is 0 Å². The molecule has 3 heteroatoms. The fraction of sp³-hybridized carbons (Fsp3) is 0.0952. The minimum atomic E-state index is -0.404. The maximum absolute atomic E-state index is 4.87. The van der Waals surface area contributed by atoms with Gasteiger partial charge in [0, 0.05) is 32.4 Å². The molecular weight excluding hydrogens is 565 g/mol. The van der Waals surface area contributed by atoms with Gasteiger partial charge in [-0.25, -0.2) is 9.97 Å². The monoisotopic (exact) mass is 594 g/mol. The number of para-hydroxylation sites is 1. The van der Waals surface area contributed by atoms with E-state index < -0.39 is 5.41 Å². The highest BCUT2D eigenvalue weighted by Crippen LogP contribution is 2.61. The van der Waals surface area contributed by atoms with Crippen molar-refractivity contribution in [2.75, 3.05) is 0 Å². The summed E-state index contributed by atoms with van der Waals surface area (Å²) in [5.41, 5.74) is 12.1. The van der Waals surface area contributed by atoms with Gasteiger partial charge in [-0.3, -0.25) is 0 Å². The number of hydrogen-bond donors (Lipinski definition) is 0. The van der Waals surface area contributed by atoms with E-state index in [-0.39, 0.29) is 5.41 Å². The first-order valence-corrected chi connectivity index (χ1v) is 16.3. The zero-order valence-electron chi connectivity index (χ0n) is 25.2. The lowest BCUT2D eigenvalue weighted by atomic mass is 9.54. The van der Waals surface area contributed by atoms with E-state index in [0.717, 1.165) is 27.9 Å². The molecule has 9 rings (SSSR count). The topological polar surface area (TPSA) is 25.8 Å². The van der Waals surface area contributed by atoms with Crippen molar-refractivity contribution >= 4 is 22.7 Å². The van der Waals surface area contributed by atoms with E-state index in [0.29, 0.717) is 0 Å². The predicted octanol–water partition coefficient (Wildman–Crippen LogP) is 10.5. The van der Waals surface area contributed by atoms with Gasteiger partial charge < -0.3 is 0 Å². The summed E-state index contributed by atoms with van der Waals surface area (Å²) in [5, 5.41) is 1.05. The molecule has 1 aliphatic heterocycles. The van der Waals surface area contributed by atoms with Crippen LogP contribution in [0.4, 0.5) is 0 Å². The summed E-state index contributed by atoms with van der Waals surface area (Å²) in [6.45, 7) is 4.74. The molecule has 0 amide bonds. The van der Waals surface area contributed by atoms with Crippen molar-refractivity contribution in [2.24, 2.45) is 0 Å². The molecule has 0 N–H and O–H groups in total. The van der Waals surface area contributed by atoms with E-state index in [1.807, 2.05) is 36.2 Å². The van der Waals surface area contributed by atoms with Crippen LogP contribution < -0.4 is 0 Å². The standard InChI is InChI=1S/C42H30N2S/c1-41(2)31-15-4-6-17-33(31)42(34-18-7-5-16-32(34)41)35-19-8-10-21-38(35)45-39-25-28(22-23-36(39)42)27-13-11-14-29(24-27)40-43-26-30-12-3-9-20-37(30)44-40/h3-26H,1-2H3. The van der Waals surface area contributed by atoms with Crippen molar-refractivity contribution in [3.8, 4) is 22.5 Å². The van der Waals surface area contributed by atoms with Gasteiger partial charge in [-0.2, -0.15) is 0 Å². The fourth-order valence-corrected chi connectivity index (χ4v) is 8.99. The van der Waals surface area contributed by atoms with Gasteiger partial charge in [0.1, 0.15) is 0 Å². The first kappa shape index (κ1) is 26.4. The Morgan fingerprint density at radius 3 is 1.87 bits per heavy atom. The Bertz CT molecular complexity index is 2250. The third-order valence-corrected chi connectivity index (χ3v) is 11.0. The van der Waals surface area contributed by atoms with Crippen LogP contribution in [-0.4, -0.2) is 9.97 Å². The van der Waals surface area contributed by atoms with Gasteiger partial charge in [0.2, 0.25) is 0 Å². The van der Waals surface area contributed by atoms with Crippen LogP contribution in [0.2, 0.25) is 0 Å². The van der Waals surface area contributed by atoms with Crippen LogP contribution in [-0.2, 0) is 10.8 Å². The minimum absolute atomic E-state index is 0.108. The Labute approximate surface area is 267 Å². The number of nitrogens with zero attached hydrogens (tertiary/aromatic N) is 2. The molecule has 2 heterocycles. The average molecular weight is 595 g/mol. The van der Waals surface area contributed by atoms with Gasteiger partial charge in [0.25, 0.3) is 0 Å². The Kier molecular flexibility index (Phi) is 5.73. The highest BCUT2D eigenvalue weighted by molar-refractivity contribution is 7.99. The summed E-state index contributed by atoms with van der Waals surface area (Å²) in [7, 11) is 0. The summed E-state index contributed by atoms with van der Waals surface area (Å²) in [6.07, 6.45) is 1.91. The third kappa shape index (κ3) is 3.77. The van der Waals surface area contributed by atoms with E-state index >= 15 is 0 Å². The maximum Gasteiger partial charge on any atom is 0.159 e. The van der Waals surface area contributed by atoms with Crippen molar-refractivity contribution in [3.63, 3.8) is 0 Å². The second-order valence-corrected chi connectivity index (χ2v) is 13.7. The van der Waals surface area contributed by atoms with Crippen LogP contribution in [0, 0.1) is 0 Å². The van der Waals surface area contributed by atoms with Crippen LogP contribution in [0.1, 0.15) is 47.2 Å². The van der Waals surface area contributed by atoms with Crippen LogP contribution in [0.15, 0.2) is 156 Å².